The standard InChI is InChI=1S/C18H17Cl3N2O6/c1-9-5-11(7-13(22(24)25)16(9)28-3)15(18(19,20)21)12-6-10(2)17(29-4)14(8-12)23(26)27/h5-8,15H,1-4H3. The van der Waals surface area contributed by atoms with E-state index in [0.29, 0.717) is 22.3 Å². The van der Waals surface area contributed by atoms with Crippen LogP contribution in [0.4, 0.5) is 11.4 Å². The molecule has 0 saturated heterocycles. The quantitative estimate of drug-likeness (QED) is 0.312. The molecular formula is C18H17Cl3N2O6. The van der Waals surface area contributed by atoms with E-state index in [-0.39, 0.29) is 22.9 Å². The predicted octanol–water partition coefficient (Wildman–Crippen LogP) is 5.64. The highest BCUT2D eigenvalue weighted by molar-refractivity contribution is 6.68. The SMILES string of the molecule is COc1c(C)cc(C(c2cc(C)c(OC)c([N+](=O)[O-])c2)C(Cl)(Cl)Cl)cc1[N+](=O)[O-]. The summed E-state index contributed by atoms with van der Waals surface area (Å²) in [5.74, 6) is -0.864. The molecule has 0 bridgehead atoms. The summed E-state index contributed by atoms with van der Waals surface area (Å²) in [6.07, 6.45) is 0. The third kappa shape index (κ3) is 4.66. The molecule has 0 heterocycles. The summed E-state index contributed by atoms with van der Waals surface area (Å²) in [7, 11) is 2.63. The van der Waals surface area contributed by atoms with Crippen LogP contribution in [0.1, 0.15) is 28.2 Å². The lowest BCUT2D eigenvalue weighted by Gasteiger charge is -2.26. The van der Waals surface area contributed by atoms with Gasteiger partial charge < -0.3 is 9.47 Å². The Hall–Kier alpha value is -2.29. The summed E-state index contributed by atoms with van der Waals surface area (Å²) in [6.45, 7) is 3.24. The van der Waals surface area contributed by atoms with Gasteiger partial charge in [-0.15, -0.1) is 0 Å². The van der Waals surface area contributed by atoms with Gasteiger partial charge in [-0.1, -0.05) is 46.9 Å². The van der Waals surface area contributed by atoms with Gasteiger partial charge in [0.15, 0.2) is 11.5 Å². The molecule has 11 heteroatoms. The fourth-order valence-electron chi connectivity index (χ4n) is 3.27. The number of hydrogen-bond acceptors (Lipinski definition) is 6. The van der Waals surface area contributed by atoms with Gasteiger partial charge in [0.1, 0.15) is 0 Å². The normalized spacial score (nSPS) is 11.4. The minimum atomic E-state index is -1.95. The Morgan fingerprint density at radius 2 is 1.17 bits per heavy atom. The van der Waals surface area contributed by atoms with Crippen molar-refractivity contribution in [2.75, 3.05) is 14.2 Å². The molecular weight excluding hydrogens is 447 g/mol. The Morgan fingerprint density at radius 1 is 0.828 bits per heavy atom. The number of ether oxygens (including phenoxy) is 2. The summed E-state index contributed by atoms with van der Waals surface area (Å²) >= 11 is 18.6. The van der Waals surface area contributed by atoms with Gasteiger partial charge in [-0.25, -0.2) is 0 Å². The van der Waals surface area contributed by atoms with E-state index in [9.17, 15) is 20.2 Å². The summed E-state index contributed by atoms with van der Waals surface area (Å²) < 4.78 is 8.28. The molecule has 2 aromatic rings. The van der Waals surface area contributed by atoms with Gasteiger partial charge in [-0.05, 0) is 36.1 Å². The summed E-state index contributed by atoms with van der Waals surface area (Å²) in [6, 6.07) is 5.65. The lowest BCUT2D eigenvalue weighted by Crippen LogP contribution is -2.19. The Labute approximate surface area is 181 Å². The molecule has 0 saturated carbocycles. The van der Waals surface area contributed by atoms with Crippen LogP contribution in [-0.2, 0) is 0 Å². The van der Waals surface area contributed by atoms with Crippen LogP contribution < -0.4 is 9.47 Å². The van der Waals surface area contributed by atoms with Crippen LogP contribution in [0.3, 0.4) is 0 Å². The molecule has 8 nitrogen and oxygen atoms in total. The van der Waals surface area contributed by atoms with E-state index in [1.165, 1.54) is 26.4 Å². The lowest BCUT2D eigenvalue weighted by molar-refractivity contribution is -0.385. The summed E-state index contributed by atoms with van der Waals surface area (Å²) in [5, 5.41) is 23.0. The third-order valence-electron chi connectivity index (χ3n) is 4.35. The maximum atomic E-state index is 11.5. The fourth-order valence-corrected chi connectivity index (χ4v) is 4.03. The van der Waals surface area contributed by atoms with E-state index in [0.717, 1.165) is 0 Å². The first-order valence-corrected chi connectivity index (χ1v) is 9.28. The van der Waals surface area contributed by atoms with Crippen molar-refractivity contribution in [2.45, 2.75) is 23.6 Å². The van der Waals surface area contributed by atoms with E-state index in [1.807, 2.05) is 0 Å². The number of rotatable bonds is 6. The second-order valence-electron chi connectivity index (χ2n) is 6.27. The van der Waals surface area contributed by atoms with Gasteiger partial charge in [-0.2, -0.15) is 0 Å². The monoisotopic (exact) mass is 462 g/mol. The Bertz CT molecular complexity index is 904. The maximum Gasteiger partial charge on any atom is 0.311 e. The van der Waals surface area contributed by atoms with Crippen molar-refractivity contribution in [3.05, 3.63) is 66.7 Å². The first-order chi connectivity index (χ1) is 13.4. The lowest BCUT2D eigenvalue weighted by atomic mass is 9.89. The van der Waals surface area contributed by atoms with Gasteiger partial charge in [0.25, 0.3) is 0 Å². The zero-order chi connectivity index (χ0) is 22.1. The molecule has 0 aliphatic carbocycles. The second-order valence-corrected chi connectivity index (χ2v) is 8.64. The molecule has 0 aromatic heterocycles. The average Bonchev–Trinajstić information content (AvgIpc) is 2.59. The molecule has 156 valence electrons. The minimum absolute atomic E-state index is 0.0821. The van der Waals surface area contributed by atoms with E-state index in [1.54, 1.807) is 26.0 Å². The van der Waals surface area contributed by atoms with Crippen LogP contribution in [0, 0.1) is 34.1 Å². The van der Waals surface area contributed by atoms with Crippen LogP contribution in [0.2, 0.25) is 0 Å². The van der Waals surface area contributed by atoms with Gasteiger partial charge in [0, 0.05) is 12.1 Å². The first-order valence-electron chi connectivity index (χ1n) is 8.14. The largest absolute Gasteiger partial charge is 0.490 e. The number of methoxy groups -OCH3 is 2. The fraction of sp³-hybridized carbons (Fsp3) is 0.333. The van der Waals surface area contributed by atoms with Crippen LogP contribution >= 0.6 is 34.8 Å². The summed E-state index contributed by atoms with van der Waals surface area (Å²) in [5.41, 5.74) is 0.900. The zero-order valence-electron chi connectivity index (χ0n) is 15.9. The van der Waals surface area contributed by atoms with Crippen LogP contribution in [-0.4, -0.2) is 27.9 Å². The Kier molecular flexibility index (Phi) is 6.82. The molecule has 0 radical (unpaired) electrons. The van der Waals surface area contributed by atoms with Crippen molar-refractivity contribution in [3.63, 3.8) is 0 Å². The smallest absolute Gasteiger partial charge is 0.311 e. The molecule has 0 aliphatic heterocycles. The van der Waals surface area contributed by atoms with Gasteiger partial charge in [0.05, 0.1) is 30.0 Å². The van der Waals surface area contributed by atoms with E-state index >= 15 is 0 Å². The van der Waals surface area contributed by atoms with Crippen LogP contribution in [0.15, 0.2) is 24.3 Å². The highest BCUT2D eigenvalue weighted by Crippen LogP contribution is 2.49. The molecule has 0 fully saturated rings. The van der Waals surface area contributed by atoms with E-state index in [2.05, 4.69) is 0 Å². The molecule has 0 spiro atoms. The van der Waals surface area contributed by atoms with Crippen molar-refractivity contribution in [1.82, 2.24) is 0 Å². The number of benzene rings is 2. The van der Waals surface area contributed by atoms with E-state index < -0.39 is 19.6 Å². The van der Waals surface area contributed by atoms with Crippen LogP contribution in [0.5, 0.6) is 11.5 Å². The molecule has 2 aromatic carbocycles. The van der Waals surface area contributed by atoms with Gasteiger partial charge in [0.2, 0.25) is 3.79 Å². The van der Waals surface area contributed by atoms with Crippen molar-refractivity contribution >= 4 is 46.2 Å². The van der Waals surface area contributed by atoms with Crippen molar-refractivity contribution < 1.29 is 19.3 Å². The zero-order valence-corrected chi connectivity index (χ0v) is 18.1. The highest BCUT2D eigenvalue weighted by atomic mass is 35.6. The molecule has 29 heavy (non-hydrogen) atoms. The number of halogens is 3. The minimum Gasteiger partial charge on any atom is -0.490 e. The molecule has 0 unspecified atom stereocenters. The third-order valence-corrected chi connectivity index (χ3v) is 5.00. The van der Waals surface area contributed by atoms with E-state index in [4.69, 9.17) is 44.3 Å². The van der Waals surface area contributed by atoms with Crippen molar-refractivity contribution in [1.29, 1.82) is 0 Å². The average molecular weight is 464 g/mol. The molecule has 0 N–H and O–H groups in total. The number of nitro benzene ring substituents is 2. The summed E-state index contributed by atoms with van der Waals surface area (Å²) in [4.78, 5) is 21.8. The highest BCUT2D eigenvalue weighted by Gasteiger charge is 2.38. The number of aryl methyl sites for hydroxylation is 2. The maximum absolute atomic E-state index is 11.5. The second kappa shape index (κ2) is 8.61. The van der Waals surface area contributed by atoms with Crippen molar-refractivity contribution in [2.24, 2.45) is 0 Å². The predicted molar refractivity (Wildman–Crippen MR) is 111 cm³/mol. The Morgan fingerprint density at radius 3 is 1.41 bits per heavy atom. The molecule has 2 rings (SSSR count). The number of nitrogens with zero attached hydrogens (tertiary/aromatic N) is 2. The Balaban J connectivity index is 2.82. The van der Waals surface area contributed by atoms with Gasteiger partial charge >= 0.3 is 11.4 Å². The number of nitro groups is 2. The number of alkyl halides is 3. The molecule has 0 aliphatic rings. The van der Waals surface area contributed by atoms with Crippen molar-refractivity contribution in [3.8, 4) is 11.5 Å². The van der Waals surface area contributed by atoms with Crippen LogP contribution in [0.25, 0.3) is 0 Å². The van der Waals surface area contributed by atoms with Gasteiger partial charge in [-0.3, -0.25) is 20.2 Å². The first kappa shape index (κ1) is 23.0. The number of hydrogen-bond donors (Lipinski definition) is 0. The molecule has 0 atom stereocenters. The molecule has 0 amide bonds. The topological polar surface area (TPSA) is 105 Å².